The van der Waals surface area contributed by atoms with Crippen molar-refractivity contribution in [1.29, 1.82) is 0 Å². The maximum atomic E-state index is 5.65. The molecule has 0 saturated heterocycles. The molecule has 0 radical (unpaired) electrons. The van der Waals surface area contributed by atoms with Gasteiger partial charge in [-0.25, -0.2) is 4.98 Å². The fraction of sp³-hybridized carbons (Fsp3) is 0.600. The monoisotopic (exact) mass is 404 g/mol. The van der Waals surface area contributed by atoms with Crippen molar-refractivity contribution in [1.82, 2.24) is 15.6 Å². The van der Waals surface area contributed by atoms with E-state index in [4.69, 9.17) is 4.74 Å². The van der Waals surface area contributed by atoms with Gasteiger partial charge in [0.15, 0.2) is 5.96 Å². The minimum Gasteiger partial charge on any atom is -0.477 e. The van der Waals surface area contributed by atoms with E-state index < -0.39 is 0 Å². The van der Waals surface area contributed by atoms with Crippen molar-refractivity contribution < 1.29 is 4.74 Å². The first-order valence-corrected chi connectivity index (χ1v) is 7.28. The molecule has 0 aromatic carbocycles. The summed E-state index contributed by atoms with van der Waals surface area (Å²) in [6.07, 6.45) is 3.96. The highest BCUT2D eigenvalue weighted by atomic mass is 127. The predicted octanol–water partition coefficient (Wildman–Crippen LogP) is 2.56. The lowest BCUT2D eigenvalue weighted by molar-refractivity contribution is 0.301. The molecule has 1 fully saturated rings. The SMILES string of the molecule is CCCOc1ncccc1CNC(=NC)NC1CC1C.I. The highest BCUT2D eigenvalue weighted by Crippen LogP contribution is 2.28. The molecule has 6 heteroatoms. The van der Waals surface area contributed by atoms with Gasteiger partial charge in [0.25, 0.3) is 0 Å². The van der Waals surface area contributed by atoms with Gasteiger partial charge in [-0.3, -0.25) is 4.99 Å². The van der Waals surface area contributed by atoms with Crippen LogP contribution in [0.3, 0.4) is 0 Å². The molecular formula is C15H25IN4O. The smallest absolute Gasteiger partial charge is 0.218 e. The highest BCUT2D eigenvalue weighted by molar-refractivity contribution is 14.0. The molecule has 2 rings (SSSR count). The van der Waals surface area contributed by atoms with Crippen molar-refractivity contribution in [2.75, 3.05) is 13.7 Å². The molecule has 2 unspecified atom stereocenters. The standard InChI is InChI=1S/C15H24N4O.HI/c1-4-8-20-14-12(6-5-7-17-14)10-18-15(16-3)19-13-9-11(13)2;/h5-7,11,13H,4,8-10H2,1-3H3,(H2,16,18,19);1H. The quantitative estimate of drug-likeness (QED) is 0.435. The molecule has 0 amide bonds. The Morgan fingerprint density at radius 3 is 2.90 bits per heavy atom. The molecule has 1 saturated carbocycles. The molecular weight excluding hydrogens is 379 g/mol. The van der Waals surface area contributed by atoms with E-state index in [-0.39, 0.29) is 24.0 Å². The number of aliphatic imine (C=N–C) groups is 1. The first kappa shape index (κ1) is 18.0. The summed E-state index contributed by atoms with van der Waals surface area (Å²) in [5.74, 6) is 2.29. The van der Waals surface area contributed by atoms with Crippen LogP contribution in [0.15, 0.2) is 23.3 Å². The number of aromatic nitrogens is 1. The topological polar surface area (TPSA) is 58.5 Å². The Morgan fingerprint density at radius 2 is 2.29 bits per heavy atom. The molecule has 2 atom stereocenters. The zero-order valence-corrected chi connectivity index (χ0v) is 15.3. The molecule has 1 aromatic rings. The molecule has 0 bridgehead atoms. The molecule has 1 heterocycles. The number of nitrogens with zero attached hydrogens (tertiary/aromatic N) is 2. The summed E-state index contributed by atoms with van der Waals surface area (Å²) in [7, 11) is 1.79. The van der Waals surface area contributed by atoms with E-state index in [0.29, 0.717) is 25.1 Å². The summed E-state index contributed by atoms with van der Waals surface area (Å²) in [5, 5.41) is 6.71. The van der Waals surface area contributed by atoms with Crippen molar-refractivity contribution in [3.05, 3.63) is 23.9 Å². The lowest BCUT2D eigenvalue weighted by atomic mass is 10.2. The van der Waals surface area contributed by atoms with Crippen LogP contribution in [0.25, 0.3) is 0 Å². The molecule has 1 aliphatic carbocycles. The normalized spacial score (nSPS) is 20.4. The summed E-state index contributed by atoms with van der Waals surface area (Å²) >= 11 is 0. The van der Waals surface area contributed by atoms with E-state index in [2.05, 4.69) is 34.5 Å². The number of rotatable bonds is 6. The Balaban J connectivity index is 0.00000220. The fourth-order valence-electron chi connectivity index (χ4n) is 1.96. The second-order valence-electron chi connectivity index (χ2n) is 5.21. The van der Waals surface area contributed by atoms with Crippen molar-refractivity contribution in [3.63, 3.8) is 0 Å². The second-order valence-corrected chi connectivity index (χ2v) is 5.21. The van der Waals surface area contributed by atoms with Gasteiger partial charge in [-0.15, -0.1) is 24.0 Å². The Morgan fingerprint density at radius 1 is 1.52 bits per heavy atom. The van der Waals surface area contributed by atoms with Gasteiger partial charge in [-0.2, -0.15) is 0 Å². The molecule has 0 spiro atoms. The van der Waals surface area contributed by atoms with Gasteiger partial charge in [-0.05, 0) is 24.8 Å². The average Bonchev–Trinajstić information content (AvgIpc) is 3.17. The largest absolute Gasteiger partial charge is 0.477 e. The van der Waals surface area contributed by atoms with Gasteiger partial charge in [0, 0.05) is 31.4 Å². The van der Waals surface area contributed by atoms with E-state index in [9.17, 15) is 0 Å². The van der Waals surface area contributed by atoms with Crippen LogP contribution >= 0.6 is 24.0 Å². The molecule has 2 N–H and O–H groups in total. The minimum atomic E-state index is 0. The lowest BCUT2D eigenvalue weighted by Gasteiger charge is -2.13. The van der Waals surface area contributed by atoms with E-state index in [1.54, 1.807) is 13.2 Å². The minimum absolute atomic E-state index is 0. The first-order valence-electron chi connectivity index (χ1n) is 7.28. The molecule has 5 nitrogen and oxygen atoms in total. The summed E-state index contributed by atoms with van der Waals surface area (Å²) in [6.45, 7) is 5.68. The number of guanidine groups is 1. The van der Waals surface area contributed by atoms with Crippen LogP contribution in [0, 0.1) is 5.92 Å². The Kier molecular flexibility index (Phi) is 7.77. The van der Waals surface area contributed by atoms with Gasteiger partial charge in [0.05, 0.1) is 6.61 Å². The molecule has 0 aliphatic heterocycles. The van der Waals surface area contributed by atoms with Crippen LogP contribution < -0.4 is 15.4 Å². The van der Waals surface area contributed by atoms with Gasteiger partial charge >= 0.3 is 0 Å². The highest BCUT2D eigenvalue weighted by Gasteiger charge is 2.33. The van der Waals surface area contributed by atoms with Crippen LogP contribution in [-0.4, -0.2) is 30.6 Å². The van der Waals surface area contributed by atoms with Crippen LogP contribution in [-0.2, 0) is 6.54 Å². The maximum absolute atomic E-state index is 5.65. The second kappa shape index (κ2) is 9.07. The van der Waals surface area contributed by atoms with E-state index >= 15 is 0 Å². The third-order valence-corrected chi connectivity index (χ3v) is 3.39. The third-order valence-electron chi connectivity index (χ3n) is 3.39. The van der Waals surface area contributed by atoms with Crippen LogP contribution in [0.1, 0.15) is 32.3 Å². The Labute approximate surface area is 144 Å². The van der Waals surface area contributed by atoms with Crippen molar-refractivity contribution >= 4 is 29.9 Å². The molecule has 1 aromatic heterocycles. The summed E-state index contributed by atoms with van der Waals surface area (Å²) < 4.78 is 5.65. The lowest BCUT2D eigenvalue weighted by Crippen LogP contribution is -2.38. The van der Waals surface area contributed by atoms with Gasteiger partial charge in [0.2, 0.25) is 5.88 Å². The number of hydrogen-bond acceptors (Lipinski definition) is 3. The zero-order valence-electron chi connectivity index (χ0n) is 12.9. The molecule has 118 valence electrons. The number of hydrogen-bond donors (Lipinski definition) is 2. The third kappa shape index (κ3) is 5.68. The summed E-state index contributed by atoms with van der Waals surface area (Å²) in [6, 6.07) is 4.51. The van der Waals surface area contributed by atoms with E-state index in [1.165, 1.54) is 6.42 Å². The van der Waals surface area contributed by atoms with Crippen molar-refractivity contribution in [3.8, 4) is 5.88 Å². The van der Waals surface area contributed by atoms with Crippen molar-refractivity contribution in [2.45, 2.75) is 39.3 Å². The number of pyridine rings is 1. The van der Waals surface area contributed by atoms with Gasteiger partial charge in [-0.1, -0.05) is 19.9 Å². The van der Waals surface area contributed by atoms with Crippen LogP contribution in [0.5, 0.6) is 5.88 Å². The molecule has 21 heavy (non-hydrogen) atoms. The number of ether oxygens (including phenoxy) is 1. The molecule has 1 aliphatic rings. The summed E-state index contributed by atoms with van der Waals surface area (Å²) in [4.78, 5) is 8.53. The van der Waals surface area contributed by atoms with Crippen LogP contribution in [0.2, 0.25) is 0 Å². The fourth-order valence-corrected chi connectivity index (χ4v) is 1.96. The summed E-state index contributed by atoms with van der Waals surface area (Å²) in [5.41, 5.74) is 1.05. The zero-order chi connectivity index (χ0) is 14.4. The number of nitrogens with one attached hydrogen (secondary N) is 2. The first-order chi connectivity index (χ1) is 9.74. The van der Waals surface area contributed by atoms with Crippen LogP contribution in [0.4, 0.5) is 0 Å². The predicted molar refractivity (Wildman–Crippen MR) is 96.3 cm³/mol. The maximum Gasteiger partial charge on any atom is 0.218 e. The van der Waals surface area contributed by atoms with Crippen molar-refractivity contribution in [2.24, 2.45) is 10.9 Å². The van der Waals surface area contributed by atoms with Gasteiger partial charge in [0.1, 0.15) is 0 Å². The van der Waals surface area contributed by atoms with E-state index in [0.717, 1.165) is 23.9 Å². The Hall–Kier alpha value is -1.05. The average molecular weight is 404 g/mol. The van der Waals surface area contributed by atoms with E-state index in [1.807, 2.05) is 12.1 Å². The van der Waals surface area contributed by atoms with Gasteiger partial charge < -0.3 is 15.4 Å². The number of halogens is 1. The Bertz CT molecular complexity index is 467.